The average molecular weight is 1030 g/mol. The van der Waals surface area contributed by atoms with Crippen LogP contribution >= 0.6 is 42.3 Å². The molecule has 0 radical (unpaired) electrons. The van der Waals surface area contributed by atoms with E-state index in [2.05, 4.69) is 34.5 Å². The maximum atomic E-state index is 14.3. The highest BCUT2D eigenvalue weighted by molar-refractivity contribution is 8.00. The zero-order chi connectivity index (χ0) is 48.6. The number of ether oxygens (including phenoxy) is 3. The maximum Gasteiger partial charge on any atom is 0.388 e. The van der Waals surface area contributed by atoms with Gasteiger partial charge >= 0.3 is 49.6 Å². The van der Waals surface area contributed by atoms with Crippen molar-refractivity contribution in [3.63, 3.8) is 0 Å². The Morgan fingerprint density at radius 1 is 1.00 bits per heavy atom. The molecule has 7 N–H and O–H groups in total. The summed E-state index contributed by atoms with van der Waals surface area (Å²) in [6.45, 7) is -5.93. The molecule has 23 nitrogen and oxygen atoms in total. The van der Waals surface area contributed by atoms with Gasteiger partial charge in [0.15, 0.2) is 0 Å². The first-order valence-corrected chi connectivity index (χ1v) is 22.8. The van der Waals surface area contributed by atoms with Crippen LogP contribution in [0, 0.1) is 5.82 Å². The zero-order valence-corrected chi connectivity index (χ0v) is 36.7. The number of aromatic nitrogens is 4. The SMILES string of the molecule is COC(=O)CSc1cc(/N=c2\sc(=O)n3n2CCCC3)c(F)cc1Cl.O=C(Nc1nc(OC(F)F)cc(OC(F)F)n1)NS(=O)(=O)c1ccccc1C(=O)O.O=C(O)CNCP(=O)(O)O. The van der Waals surface area contributed by atoms with Crippen molar-refractivity contribution in [2.45, 2.75) is 48.9 Å². The number of thioether (sulfide) groups is 1. The molecule has 0 atom stereocenters. The van der Waals surface area contributed by atoms with Crippen molar-refractivity contribution in [2.75, 3.05) is 31.0 Å². The van der Waals surface area contributed by atoms with Gasteiger partial charge in [-0.3, -0.25) is 34.3 Å². The van der Waals surface area contributed by atoms with Gasteiger partial charge in [0.05, 0.1) is 42.3 Å². The van der Waals surface area contributed by atoms with E-state index < -0.39 is 102 Å². The van der Waals surface area contributed by atoms with Crippen molar-refractivity contribution in [1.82, 2.24) is 29.4 Å². The molecule has 1 aliphatic rings. The summed E-state index contributed by atoms with van der Waals surface area (Å²) < 4.78 is 115. The molecule has 33 heteroatoms. The van der Waals surface area contributed by atoms with E-state index >= 15 is 0 Å². The van der Waals surface area contributed by atoms with Gasteiger partial charge in [-0.1, -0.05) is 23.7 Å². The van der Waals surface area contributed by atoms with E-state index in [0.717, 1.165) is 54.1 Å². The molecule has 2 aromatic heterocycles. The molecule has 2 aromatic carbocycles. The fourth-order valence-electron chi connectivity index (χ4n) is 4.68. The summed E-state index contributed by atoms with van der Waals surface area (Å²) in [4.78, 5) is 83.5. The molecule has 2 amide bonds. The number of alkyl halides is 4. The summed E-state index contributed by atoms with van der Waals surface area (Å²) in [7, 11) is -7.51. The minimum atomic E-state index is -4.71. The zero-order valence-electron chi connectivity index (χ0n) is 32.6. The average Bonchev–Trinajstić information content (AvgIpc) is 3.51. The van der Waals surface area contributed by atoms with Crippen molar-refractivity contribution < 1.29 is 88.3 Å². The van der Waals surface area contributed by atoms with E-state index in [9.17, 15) is 58.9 Å². The van der Waals surface area contributed by atoms with Crippen LogP contribution in [0.15, 0.2) is 62.0 Å². The van der Waals surface area contributed by atoms with Crippen molar-refractivity contribution in [3.05, 3.63) is 73.3 Å². The van der Waals surface area contributed by atoms with Gasteiger partial charge in [0.25, 0.3) is 10.0 Å². The quantitative estimate of drug-likeness (QED) is 0.0365. The van der Waals surface area contributed by atoms with Gasteiger partial charge in [0.1, 0.15) is 16.4 Å². The molecular weight excluding hydrogens is 994 g/mol. The number of nitrogens with one attached hydrogen (secondary N) is 3. The number of methoxy groups -OCH3 is 1. The number of aliphatic carboxylic acids is 1. The van der Waals surface area contributed by atoms with Crippen LogP contribution in [0.2, 0.25) is 5.02 Å². The third kappa shape index (κ3) is 18.0. The number of carboxylic acid groups (broad SMARTS) is 2. The first kappa shape index (κ1) is 53.6. The lowest BCUT2D eigenvalue weighted by atomic mass is 10.2. The van der Waals surface area contributed by atoms with E-state index in [-0.39, 0.29) is 21.3 Å². The van der Waals surface area contributed by atoms with E-state index in [4.69, 9.17) is 31.6 Å². The second-order valence-corrected chi connectivity index (χ2v) is 17.6. The number of sulfonamides is 1. The first-order chi connectivity index (χ1) is 30.4. The Morgan fingerprint density at radius 3 is 2.15 bits per heavy atom. The molecule has 0 saturated carbocycles. The monoisotopic (exact) mass is 1030 g/mol. The van der Waals surface area contributed by atoms with Crippen LogP contribution in [0.25, 0.3) is 0 Å². The highest BCUT2D eigenvalue weighted by atomic mass is 35.5. The molecule has 4 aromatic rings. The third-order valence-electron chi connectivity index (χ3n) is 7.23. The van der Waals surface area contributed by atoms with Crippen LogP contribution in [0.3, 0.4) is 0 Å². The van der Waals surface area contributed by atoms with Gasteiger partial charge in [-0.2, -0.15) is 27.5 Å². The van der Waals surface area contributed by atoms with E-state index in [1.54, 1.807) is 14.7 Å². The van der Waals surface area contributed by atoms with Crippen molar-refractivity contribution in [1.29, 1.82) is 0 Å². The largest absolute Gasteiger partial charge is 0.480 e. The molecule has 65 heavy (non-hydrogen) atoms. The number of benzene rings is 2. The van der Waals surface area contributed by atoms with E-state index in [1.165, 1.54) is 30.0 Å². The highest BCUT2D eigenvalue weighted by Gasteiger charge is 2.25. The molecule has 0 fully saturated rings. The molecular formula is C32H33ClF5N8O15PS3. The number of aromatic carboxylic acids is 1. The lowest BCUT2D eigenvalue weighted by Crippen LogP contribution is -2.35. The number of hydrogen-bond donors (Lipinski definition) is 7. The topological polar surface area (TPSA) is 329 Å². The van der Waals surface area contributed by atoms with Crippen LogP contribution in [0.1, 0.15) is 23.2 Å². The summed E-state index contributed by atoms with van der Waals surface area (Å²) in [6.07, 6.45) is 1.30. The number of fused-ring (bicyclic) bond motifs is 1. The van der Waals surface area contributed by atoms with Crippen LogP contribution < -0.4 is 34.5 Å². The summed E-state index contributed by atoms with van der Waals surface area (Å²) in [5, 5.41) is 21.0. The minimum Gasteiger partial charge on any atom is -0.480 e. The van der Waals surface area contributed by atoms with Crippen molar-refractivity contribution in [3.8, 4) is 11.8 Å². The minimum absolute atomic E-state index is 0.0605. The maximum absolute atomic E-state index is 14.3. The summed E-state index contributed by atoms with van der Waals surface area (Å²) in [6, 6.07) is 5.87. The number of hydrogen-bond acceptors (Lipinski definition) is 17. The van der Waals surface area contributed by atoms with Gasteiger partial charge in [0.2, 0.25) is 22.5 Å². The van der Waals surface area contributed by atoms with Gasteiger partial charge in [-0.05, 0) is 48.4 Å². The second-order valence-electron chi connectivity index (χ2n) is 11.9. The van der Waals surface area contributed by atoms with Crippen molar-refractivity contribution in [2.24, 2.45) is 4.99 Å². The molecule has 0 aliphatic carbocycles. The number of carboxylic acids is 2. The Hall–Kier alpha value is -5.69. The second kappa shape index (κ2) is 24.6. The van der Waals surface area contributed by atoms with Crippen molar-refractivity contribution >= 4 is 87.9 Å². The smallest absolute Gasteiger partial charge is 0.388 e. The number of amides is 2. The Kier molecular flexibility index (Phi) is 20.3. The number of halogens is 6. The number of anilines is 1. The number of nitrogens with zero attached hydrogens (tertiary/aromatic N) is 5. The Balaban J connectivity index is 0.000000289. The number of urea groups is 1. The van der Waals surface area contributed by atoms with Gasteiger partial charge in [-0.25, -0.2) is 36.8 Å². The molecule has 1 aliphatic heterocycles. The molecule has 3 heterocycles. The number of esters is 1. The Bertz CT molecular complexity index is 2630. The van der Waals surface area contributed by atoms with Crippen LogP contribution in [0.5, 0.6) is 11.8 Å². The lowest BCUT2D eigenvalue weighted by molar-refractivity contribution is -0.137. The normalized spacial score (nSPS) is 12.5. The molecule has 5 rings (SSSR count). The van der Waals surface area contributed by atoms with Crippen LogP contribution in [-0.2, 0) is 42.0 Å². The molecule has 0 bridgehead atoms. The summed E-state index contributed by atoms with van der Waals surface area (Å²) in [5.41, 5.74) is -0.562. The highest BCUT2D eigenvalue weighted by Crippen LogP contribution is 2.33. The number of rotatable bonds is 16. The Morgan fingerprint density at radius 2 is 1.60 bits per heavy atom. The van der Waals surface area contributed by atoms with E-state index in [1.807, 2.05) is 0 Å². The molecule has 0 saturated heterocycles. The Labute approximate surface area is 374 Å². The van der Waals surface area contributed by atoms with Gasteiger partial charge in [0, 0.05) is 18.0 Å². The fraction of sp³-hybridized carbons (Fsp3) is 0.312. The van der Waals surface area contributed by atoms with Crippen LogP contribution in [0.4, 0.5) is 38.4 Å². The number of carbonyl (C=O) groups excluding carboxylic acids is 2. The standard InChI is InChI=1S/C15H15ClFN3O3S2.C14H10F4N4O7S.C3H8NO5P/c1-23-13(21)8-24-12-7-11(10(17)6-9(12)16)18-14-19-4-2-3-5-20(19)15(22)25-14;15-11(16)28-8-5-9(29-12(17)18)20-13(19-8)21-14(25)22-30(26,27)7-4-2-1-3-6(7)10(23)24;5-3(6)1-4-2-10(7,8)9/h6-7H,2-5,8H2,1H3;1-5,11-12H,(H,23,24)(H2,19,20,21,22,25);4H,1-2H2,(H,5,6)(H2,7,8,9)/b18-14-;;. The van der Waals surface area contributed by atoms with E-state index in [0.29, 0.717) is 28.9 Å². The van der Waals surface area contributed by atoms with Gasteiger partial charge < -0.3 is 34.2 Å². The first-order valence-electron chi connectivity index (χ1n) is 17.3. The predicted molar refractivity (Wildman–Crippen MR) is 216 cm³/mol. The molecule has 0 spiro atoms. The lowest BCUT2D eigenvalue weighted by Gasteiger charge is -2.15. The van der Waals surface area contributed by atoms with Crippen LogP contribution in [-0.4, -0.2) is 111 Å². The predicted octanol–water partition coefficient (Wildman–Crippen LogP) is 3.48. The molecule has 0 unspecified atom stereocenters. The fourth-order valence-corrected chi connectivity index (χ4v) is 8.18. The number of carbonyl (C=O) groups is 4. The summed E-state index contributed by atoms with van der Waals surface area (Å²) in [5.74, 6) is -6.52. The molecule has 356 valence electrons. The van der Waals surface area contributed by atoms with Gasteiger partial charge in [-0.15, -0.1) is 11.8 Å². The summed E-state index contributed by atoms with van der Waals surface area (Å²) >= 11 is 8.17. The third-order valence-corrected chi connectivity index (χ3v) is 11.6.